The summed E-state index contributed by atoms with van der Waals surface area (Å²) in [7, 11) is 0. The highest BCUT2D eigenvalue weighted by Crippen LogP contribution is 2.39. The molecule has 2 aromatic rings. The van der Waals surface area contributed by atoms with Crippen LogP contribution in [0.25, 0.3) is 0 Å². The molecule has 2 rings (SSSR count). The molecule has 4 atom stereocenters. The van der Waals surface area contributed by atoms with Crippen LogP contribution in [0.15, 0.2) is 0 Å². The minimum Gasteiger partial charge on any atom is -0.395 e. The van der Waals surface area contributed by atoms with E-state index in [2.05, 4.69) is 21.3 Å². The van der Waals surface area contributed by atoms with Gasteiger partial charge in [0.15, 0.2) is 0 Å². The zero-order chi connectivity index (χ0) is 44.0. The van der Waals surface area contributed by atoms with Gasteiger partial charge in [0.2, 0.25) is 12.8 Å². The van der Waals surface area contributed by atoms with Crippen molar-refractivity contribution in [2.24, 2.45) is 0 Å². The van der Waals surface area contributed by atoms with E-state index in [0.717, 1.165) is 9.80 Å². The van der Waals surface area contributed by atoms with Crippen LogP contribution in [0.4, 0.5) is 11.4 Å². The van der Waals surface area contributed by atoms with Crippen LogP contribution in [0, 0.1) is 21.4 Å². The molecule has 0 fully saturated rings. The second kappa shape index (κ2) is 26.1. The van der Waals surface area contributed by atoms with E-state index in [9.17, 15) is 69.6 Å². The van der Waals surface area contributed by atoms with Crippen molar-refractivity contribution in [1.82, 2.24) is 21.3 Å². The Morgan fingerprint density at radius 1 is 0.500 bits per heavy atom. The Balaban J connectivity index is 2.67. The van der Waals surface area contributed by atoms with E-state index in [1.54, 1.807) is 136 Å². The summed E-state index contributed by atoms with van der Waals surface area (Å²) in [6.07, 6.45) is -5.69. The van der Waals surface area contributed by atoms with Crippen molar-refractivity contribution in [1.29, 1.82) is 0 Å². The van der Waals surface area contributed by atoms with Crippen molar-refractivity contribution in [2.45, 2.75) is 24.4 Å². The van der Waals surface area contributed by atoms with Gasteiger partial charge in [-0.25, -0.2) is 0 Å². The molecule has 4 unspecified atom stereocenters. The lowest BCUT2D eigenvalue weighted by molar-refractivity contribution is -0.109. The van der Waals surface area contributed by atoms with E-state index in [4.69, 9.17) is 0 Å². The molecule has 6 amide bonds. The van der Waals surface area contributed by atoms with Crippen LogP contribution in [0.3, 0.4) is 0 Å². The molecule has 0 aromatic heterocycles. The van der Waals surface area contributed by atoms with E-state index in [-0.39, 0.29) is 94.0 Å². The van der Waals surface area contributed by atoms with Crippen molar-refractivity contribution >= 4 is 183 Å². The van der Waals surface area contributed by atoms with Crippen LogP contribution in [-0.4, -0.2) is 167 Å². The van der Waals surface area contributed by atoms with Crippen LogP contribution in [0.5, 0.6) is 0 Å². The molecule has 0 saturated heterocycles. The summed E-state index contributed by atoms with van der Waals surface area (Å²) in [5.74, 6) is -3.01. The average molecular weight is 1490 g/mol. The van der Waals surface area contributed by atoms with Crippen LogP contribution in [0.2, 0.25) is 0 Å². The molecule has 0 radical (unpaired) electrons. The molecule has 0 bridgehead atoms. The van der Waals surface area contributed by atoms with Gasteiger partial charge in [-0.3, -0.25) is 28.8 Å². The Bertz CT molecular complexity index is 1720. The maximum atomic E-state index is 13.4. The highest BCUT2D eigenvalue weighted by Gasteiger charge is 2.34. The second-order valence-electron chi connectivity index (χ2n) is 11.8. The van der Waals surface area contributed by atoms with Crippen LogP contribution in [-0.2, 0) is 9.59 Å². The summed E-state index contributed by atoms with van der Waals surface area (Å²) in [4.78, 5) is 80.7. The van der Waals surface area contributed by atoms with Gasteiger partial charge in [-0.15, -0.1) is 0 Å². The molecule has 0 aliphatic heterocycles. The molecule has 2 aromatic carbocycles. The molecular weight excluding hydrogens is 1450 g/mol. The third kappa shape index (κ3) is 13.7. The summed E-state index contributed by atoms with van der Waals surface area (Å²) in [5.41, 5.74) is -0.396. The van der Waals surface area contributed by atoms with Gasteiger partial charge in [-0.05, 0) is 136 Å². The fourth-order valence-electron chi connectivity index (χ4n) is 4.87. The van der Waals surface area contributed by atoms with Gasteiger partial charge in [0.25, 0.3) is 23.6 Å². The summed E-state index contributed by atoms with van der Waals surface area (Å²) in [5, 5.41) is 89.2. The standard InChI is InChI=1S/C32H38I6N6O14/c33-21-17(29(55)39-1-3-45)23(35)27(25(37)19(21)31(57)41-5-13(51)9-47)43(11-49)7-15(53)16(54)8-44(12-50)28-24(36)18(30(56)40-2-4-46)22(34)20(26(28)38)32(58)42-6-14(52)10-48/h11-16,45-48,51-54H,1-10H2,(H,39,55)(H,40,56)(H,41,57)(H,42,58). The minimum absolute atomic E-state index is 0.0284. The molecule has 0 saturated carbocycles. The number of rotatable bonds is 23. The molecule has 0 aliphatic rings. The number of aliphatic hydroxyl groups is 8. The quantitative estimate of drug-likeness (QED) is 0.0435. The number of anilines is 2. The summed E-state index contributed by atoms with van der Waals surface area (Å²) in [6.45, 7) is -4.50. The van der Waals surface area contributed by atoms with Gasteiger partial charge in [0.05, 0.1) is 112 Å². The van der Waals surface area contributed by atoms with E-state index in [1.165, 1.54) is 0 Å². The fraction of sp³-hybridized carbons (Fsp3) is 0.438. The van der Waals surface area contributed by atoms with E-state index >= 15 is 0 Å². The molecule has 58 heavy (non-hydrogen) atoms. The monoisotopic (exact) mass is 1490 g/mol. The van der Waals surface area contributed by atoms with Gasteiger partial charge < -0.3 is 71.9 Å². The third-order valence-electron chi connectivity index (χ3n) is 7.75. The number of aliphatic hydroxyl groups excluding tert-OH is 8. The lowest BCUT2D eigenvalue weighted by atomic mass is 10.1. The molecular formula is C32H38I6N6O14. The van der Waals surface area contributed by atoms with Gasteiger partial charge >= 0.3 is 0 Å². The van der Waals surface area contributed by atoms with Crippen molar-refractivity contribution in [2.75, 3.05) is 75.5 Å². The normalized spacial score (nSPS) is 13.1. The van der Waals surface area contributed by atoms with Crippen LogP contribution < -0.4 is 31.1 Å². The van der Waals surface area contributed by atoms with Crippen molar-refractivity contribution in [3.63, 3.8) is 0 Å². The van der Waals surface area contributed by atoms with E-state index in [0.29, 0.717) is 0 Å². The van der Waals surface area contributed by atoms with E-state index < -0.39 is 87.6 Å². The molecule has 322 valence electrons. The number of carbonyl (C=O) groups excluding carboxylic acids is 6. The summed E-state index contributed by atoms with van der Waals surface area (Å²) >= 11 is 10.6. The Labute approximate surface area is 412 Å². The fourth-order valence-corrected chi connectivity index (χ4v) is 14.4. The molecule has 26 heteroatoms. The second-order valence-corrected chi connectivity index (χ2v) is 18.3. The third-order valence-corrected chi connectivity index (χ3v) is 14.1. The maximum Gasteiger partial charge on any atom is 0.253 e. The van der Waals surface area contributed by atoms with Crippen molar-refractivity contribution in [3.8, 4) is 0 Å². The number of benzene rings is 2. The predicted molar refractivity (Wildman–Crippen MR) is 258 cm³/mol. The first kappa shape index (κ1) is 53.5. The summed E-state index contributed by atoms with van der Waals surface area (Å²) < 4.78 is 0.805. The average Bonchev–Trinajstić information content (AvgIpc) is 3.18. The number of nitrogens with one attached hydrogen (secondary N) is 4. The molecule has 20 nitrogen and oxygen atoms in total. The van der Waals surface area contributed by atoms with E-state index in [1.807, 2.05) is 0 Å². The number of hydrogen-bond donors (Lipinski definition) is 12. The molecule has 0 spiro atoms. The Morgan fingerprint density at radius 2 is 0.776 bits per heavy atom. The molecule has 0 heterocycles. The Kier molecular flexibility index (Phi) is 24.0. The predicted octanol–water partition coefficient (Wildman–Crippen LogP) is -1.73. The lowest BCUT2D eigenvalue weighted by Crippen LogP contribution is -2.46. The van der Waals surface area contributed by atoms with Gasteiger partial charge in [0.1, 0.15) is 0 Å². The van der Waals surface area contributed by atoms with Gasteiger partial charge in [0, 0.05) is 33.3 Å². The molecule has 0 aliphatic carbocycles. The number of halogens is 6. The minimum atomic E-state index is -1.82. The molecule has 12 N–H and O–H groups in total. The Morgan fingerprint density at radius 3 is 1.02 bits per heavy atom. The number of hydrogen-bond acceptors (Lipinski definition) is 14. The van der Waals surface area contributed by atoms with Crippen LogP contribution in [0.1, 0.15) is 41.4 Å². The van der Waals surface area contributed by atoms with Crippen LogP contribution >= 0.6 is 136 Å². The largest absolute Gasteiger partial charge is 0.395 e. The number of carbonyl (C=O) groups is 6. The number of nitrogens with zero attached hydrogens (tertiary/aromatic N) is 2. The van der Waals surface area contributed by atoms with Gasteiger partial charge in [-0.1, -0.05) is 0 Å². The number of amides is 6. The first-order valence-electron chi connectivity index (χ1n) is 16.5. The first-order valence-corrected chi connectivity index (χ1v) is 23.0. The smallest absolute Gasteiger partial charge is 0.253 e. The summed E-state index contributed by atoms with van der Waals surface area (Å²) in [6, 6.07) is 0. The Hall–Kier alpha value is -0.680. The van der Waals surface area contributed by atoms with Gasteiger partial charge in [-0.2, -0.15) is 0 Å². The zero-order valence-electron chi connectivity index (χ0n) is 29.7. The highest BCUT2D eigenvalue weighted by molar-refractivity contribution is 14.1. The van der Waals surface area contributed by atoms with Crippen molar-refractivity contribution < 1.29 is 69.6 Å². The van der Waals surface area contributed by atoms with Crippen molar-refractivity contribution in [3.05, 3.63) is 43.7 Å². The lowest BCUT2D eigenvalue weighted by Gasteiger charge is -2.31. The topological polar surface area (TPSA) is 319 Å². The maximum absolute atomic E-state index is 13.4. The SMILES string of the molecule is O=CN(CC(O)C(O)CN(C=O)c1c(I)c(C(=O)NCCO)c(I)c(C(=O)NCC(O)CO)c1I)c1c(I)c(C(=O)NCCO)c(I)c(C(=O)NCC(O)CO)c1I. The highest BCUT2D eigenvalue weighted by atomic mass is 127. The first-order chi connectivity index (χ1) is 27.4. The zero-order valence-corrected chi connectivity index (χ0v) is 42.7.